The Hall–Kier alpha value is -0.865. The van der Waals surface area contributed by atoms with Crippen LogP contribution < -0.4 is 5.46 Å². The van der Waals surface area contributed by atoms with Crippen LogP contribution in [0.5, 0.6) is 0 Å². The van der Waals surface area contributed by atoms with E-state index < -0.39 is 0 Å². The molecule has 2 rings (SSSR count). The maximum atomic E-state index is 12.1. The van der Waals surface area contributed by atoms with Crippen LogP contribution in [0.4, 0.5) is 4.39 Å². The van der Waals surface area contributed by atoms with Gasteiger partial charge in [-0.3, -0.25) is 4.39 Å². The first-order chi connectivity index (χ1) is 8.86. The molecule has 0 saturated carbocycles. The van der Waals surface area contributed by atoms with Crippen LogP contribution in [-0.2, 0) is 15.7 Å². The molecule has 1 aromatic rings. The minimum atomic E-state index is -0.319. The van der Waals surface area contributed by atoms with E-state index in [2.05, 4.69) is 0 Å². The van der Waals surface area contributed by atoms with E-state index in [0.29, 0.717) is 6.42 Å². The average molecular weight is 264 g/mol. The predicted octanol–water partition coefficient (Wildman–Crippen LogP) is 2.89. The van der Waals surface area contributed by atoms with Crippen LogP contribution in [0, 0.1) is 0 Å². The molecule has 4 heteroatoms. The topological polar surface area (TPSA) is 18.5 Å². The van der Waals surface area contributed by atoms with Crippen LogP contribution in [0.1, 0.15) is 39.7 Å². The third-order valence-corrected chi connectivity index (χ3v) is 4.10. The third kappa shape index (κ3) is 3.01. The number of halogens is 1. The molecule has 0 atom stereocenters. The summed E-state index contributed by atoms with van der Waals surface area (Å²) in [5.74, 6) is 0. The lowest BCUT2D eigenvalue weighted by Gasteiger charge is -2.32. The molecule has 19 heavy (non-hydrogen) atoms. The van der Waals surface area contributed by atoms with Gasteiger partial charge in [-0.1, -0.05) is 24.3 Å². The van der Waals surface area contributed by atoms with E-state index in [1.165, 1.54) is 0 Å². The van der Waals surface area contributed by atoms with Gasteiger partial charge >= 0.3 is 7.12 Å². The SMILES string of the molecule is CC1(C)OB(c2ccc(CCCF)cc2)OC1(C)C. The van der Waals surface area contributed by atoms with Gasteiger partial charge in [0.15, 0.2) is 0 Å². The summed E-state index contributed by atoms with van der Waals surface area (Å²) in [6.07, 6.45) is 1.36. The Morgan fingerprint density at radius 1 is 1.00 bits per heavy atom. The van der Waals surface area contributed by atoms with Crippen LogP contribution in [0.15, 0.2) is 24.3 Å². The number of hydrogen-bond acceptors (Lipinski definition) is 2. The summed E-state index contributed by atoms with van der Waals surface area (Å²) in [5.41, 5.74) is 1.54. The molecule has 0 bridgehead atoms. The van der Waals surface area contributed by atoms with Crippen LogP contribution in [-0.4, -0.2) is 25.0 Å². The van der Waals surface area contributed by atoms with E-state index in [1.807, 2.05) is 52.0 Å². The Labute approximate surface area is 115 Å². The van der Waals surface area contributed by atoms with Crippen molar-refractivity contribution in [1.82, 2.24) is 0 Å². The summed E-state index contributed by atoms with van der Waals surface area (Å²) in [5, 5.41) is 0. The van der Waals surface area contributed by atoms with Crippen LogP contribution in [0.25, 0.3) is 0 Å². The van der Waals surface area contributed by atoms with E-state index in [4.69, 9.17) is 9.31 Å². The zero-order valence-corrected chi connectivity index (χ0v) is 12.2. The number of aryl methyl sites for hydroxylation is 1. The monoisotopic (exact) mass is 264 g/mol. The molecule has 0 radical (unpaired) electrons. The molecule has 1 aliphatic heterocycles. The Kier molecular flexibility index (Phi) is 4.02. The van der Waals surface area contributed by atoms with Gasteiger partial charge in [0.05, 0.1) is 17.9 Å². The average Bonchev–Trinajstić information content (AvgIpc) is 2.56. The molecule has 0 spiro atoms. The van der Waals surface area contributed by atoms with Gasteiger partial charge in [0.2, 0.25) is 0 Å². The van der Waals surface area contributed by atoms with Gasteiger partial charge in [0.1, 0.15) is 0 Å². The van der Waals surface area contributed by atoms with E-state index in [0.717, 1.165) is 17.4 Å². The van der Waals surface area contributed by atoms with Crippen molar-refractivity contribution in [3.05, 3.63) is 29.8 Å². The van der Waals surface area contributed by atoms with Gasteiger partial charge in [-0.2, -0.15) is 0 Å². The van der Waals surface area contributed by atoms with Gasteiger partial charge in [-0.15, -0.1) is 0 Å². The molecule has 1 aromatic carbocycles. The van der Waals surface area contributed by atoms with Crippen molar-refractivity contribution in [2.75, 3.05) is 6.67 Å². The molecular weight excluding hydrogens is 242 g/mol. The van der Waals surface area contributed by atoms with Crippen molar-refractivity contribution in [3.63, 3.8) is 0 Å². The van der Waals surface area contributed by atoms with Crippen LogP contribution in [0.3, 0.4) is 0 Å². The fourth-order valence-electron chi connectivity index (χ4n) is 2.09. The van der Waals surface area contributed by atoms with Gasteiger partial charge < -0.3 is 9.31 Å². The molecule has 1 saturated heterocycles. The molecule has 0 unspecified atom stereocenters. The lowest BCUT2D eigenvalue weighted by Crippen LogP contribution is -2.41. The smallest absolute Gasteiger partial charge is 0.399 e. The Morgan fingerprint density at radius 2 is 1.53 bits per heavy atom. The minimum Gasteiger partial charge on any atom is -0.399 e. The number of rotatable bonds is 4. The second kappa shape index (κ2) is 5.26. The zero-order valence-electron chi connectivity index (χ0n) is 12.2. The third-order valence-electron chi connectivity index (χ3n) is 4.10. The fourth-order valence-corrected chi connectivity index (χ4v) is 2.09. The first-order valence-corrected chi connectivity index (χ1v) is 6.86. The van der Waals surface area contributed by atoms with Crippen molar-refractivity contribution in [3.8, 4) is 0 Å². The van der Waals surface area contributed by atoms with Crippen molar-refractivity contribution in [1.29, 1.82) is 0 Å². The fraction of sp³-hybridized carbons (Fsp3) is 0.600. The van der Waals surface area contributed by atoms with Gasteiger partial charge in [0.25, 0.3) is 0 Å². The van der Waals surface area contributed by atoms with Gasteiger partial charge in [-0.25, -0.2) is 0 Å². The normalized spacial score (nSPS) is 20.8. The number of hydrogen-bond donors (Lipinski definition) is 0. The minimum absolute atomic E-state index is 0.265. The van der Waals surface area contributed by atoms with Crippen LogP contribution >= 0.6 is 0 Å². The molecule has 104 valence electrons. The maximum Gasteiger partial charge on any atom is 0.494 e. The largest absolute Gasteiger partial charge is 0.494 e. The second-order valence-corrected chi connectivity index (χ2v) is 6.12. The highest BCUT2D eigenvalue weighted by Gasteiger charge is 2.51. The van der Waals surface area contributed by atoms with E-state index in [-0.39, 0.29) is 25.0 Å². The number of alkyl halides is 1. The molecule has 1 fully saturated rings. The summed E-state index contributed by atoms with van der Waals surface area (Å²) >= 11 is 0. The molecule has 0 aliphatic carbocycles. The lowest BCUT2D eigenvalue weighted by molar-refractivity contribution is 0.00578. The van der Waals surface area contributed by atoms with E-state index in [9.17, 15) is 4.39 Å². The number of benzene rings is 1. The molecule has 1 heterocycles. The van der Waals surface area contributed by atoms with Gasteiger partial charge in [0, 0.05) is 0 Å². The second-order valence-electron chi connectivity index (χ2n) is 6.12. The standard InChI is InChI=1S/C15H22BFO2/c1-14(2)15(3,4)19-16(18-14)13-9-7-12(8-10-13)6-5-11-17/h7-10H,5-6,11H2,1-4H3. The highest BCUT2D eigenvalue weighted by atomic mass is 19.1. The zero-order chi connectivity index (χ0) is 14.1. The molecule has 0 N–H and O–H groups in total. The Morgan fingerprint density at radius 3 is 2.00 bits per heavy atom. The predicted molar refractivity (Wildman–Crippen MR) is 76.5 cm³/mol. The molecule has 0 amide bonds. The summed E-state index contributed by atoms with van der Waals surface area (Å²) in [7, 11) is -0.319. The highest BCUT2D eigenvalue weighted by Crippen LogP contribution is 2.36. The van der Waals surface area contributed by atoms with Crippen LogP contribution in [0.2, 0.25) is 0 Å². The van der Waals surface area contributed by atoms with Crippen molar-refractivity contribution in [2.24, 2.45) is 0 Å². The van der Waals surface area contributed by atoms with E-state index in [1.54, 1.807) is 0 Å². The summed E-state index contributed by atoms with van der Waals surface area (Å²) in [4.78, 5) is 0. The van der Waals surface area contributed by atoms with Gasteiger partial charge in [-0.05, 0) is 51.6 Å². The first kappa shape index (κ1) is 14.5. The summed E-state index contributed by atoms with van der Waals surface area (Å²) < 4.78 is 24.1. The molecule has 2 nitrogen and oxygen atoms in total. The molecule has 1 aliphatic rings. The molecule has 0 aromatic heterocycles. The van der Waals surface area contributed by atoms with E-state index >= 15 is 0 Å². The summed E-state index contributed by atoms with van der Waals surface area (Å²) in [6.45, 7) is 7.91. The quantitative estimate of drug-likeness (QED) is 0.778. The van der Waals surface area contributed by atoms with Crippen molar-refractivity contribution in [2.45, 2.75) is 51.7 Å². The summed E-state index contributed by atoms with van der Waals surface area (Å²) in [6, 6.07) is 8.07. The highest BCUT2D eigenvalue weighted by molar-refractivity contribution is 6.62. The first-order valence-electron chi connectivity index (χ1n) is 6.86. The van der Waals surface area contributed by atoms with Crippen molar-refractivity contribution >= 4 is 12.6 Å². The maximum absolute atomic E-state index is 12.1. The lowest BCUT2D eigenvalue weighted by atomic mass is 9.79. The Balaban J connectivity index is 2.08. The Bertz CT molecular complexity index is 412. The molecular formula is C15H22BFO2. The van der Waals surface area contributed by atoms with Crippen molar-refractivity contribution < 1.29 is 13.7 Å².